The van der Waals surface area contributed by atoms with Crippen LogP contribution in [0.4, 0.5) is 0 Å². The van der Waals surface area contributed by atoms with E-state index in [9.17, 15) is 9.59 Å². The second kappa shape index (κ2) is 9.10. The quantitative estimate of drug-likeness (QED) is 0.408. The normalized spacial score (nSPS) is 20.8. The van der Waals surface area contributed by atoms with Gasteiger partial charge < -0.3 is 15.6 Å². The minimum absolute atomic E-state index is 0. The number of hydrogen-bond donors (Lipinski definition) is 0. The van der Waals surface area contributed by atoms with Gasteiger partial charge in [0.05, 0.1) is 0 Å². The Hall–Kier alpha value is -1.14. The molecular formula is C16H19NaO5. The first kappa shape index (κ1) is 18.9. The van der Waals surface area contributed by atoms with Crippen LogP contribution in [0.3, 0.4) is 0 Å². The van der Waals surface area contributed by atoms with Gasteiger partial charge in [0.2, 0.25) is 0 Å². The maximum Gasteiger partial charge on any atom is 1.00 e. The van der Waals surface area contributed by atoms with Gasteiger partial charge in [-0.15, -0.1) is 0 Å². The van der Waals surface area contributed by atoms with Crippen LogP contribution in [0.5, 0.6) is 0 Å². The Bertz CT molecular complexity index is 535. The van der Waals surface area contributed by atoms with E-state index in [2.05, 4.69) is 0 Å². The number of esters is 2. The van der Waals surface area contributed by atoms with Gasteiger partial charge in [-0.2, -0.15) is 0 Å². The third-order valence-corrected chi connectivity index (χ3v) is 3.14. The van der Waals surface area contributed by atoms with Crippen LogP contribution in [0, 0.1) is 0 Å². The van der Waals surface area contributed by atoms with Crippen LogP contribution >= 0.6 is 0 Å². The van der Waals surface area contributed by atoms with Crippen molar-refractivity contribution in [2.75, 3.05) is 7.11 Å². The molecule has 0 amide bonds. The fraction of sp³-hybridized carbons (Fsp3) is 0.375. The fourth-order valence-electron chi connectivity index (χ4n) is 2.23. The van der Waals surface area contributed by atoms with Gasteiger partial charge in [-0.3, -0.25) is 4.79 Å². The Labute approximate surface area is 153 Å². The number of hydrogen-bond acceptors (Lipinski definition) is 5. The third-order valence-electron chi connectivity index (χ3n) is 3.14. The van der Waals surface area contributed by atoms with Crippen molar-refractivity contribution in [3.05, 3.63) is 48.0 Å². The minimum atomic E-state index is -0.757. The van der Waals surface area contributed by atoms with E-state index in [1.165, 1.54) is 14.0 Å². The predicted octanol–water partition coefficient (Wildman–Crippen LogP) is -0.706. The van der Waals surface area contributed by atoms with Crippen molar-refractivity contribution in [3.8, 4) is 0 Å². The van der Waals surface area contributed by atoms with Crippen LogP contribution in [0.2, 0.25) is 0 Å². The molecule has 6 heteroatoms. The molecule has 0 aromatic heterocycles. The molecule has 5 nitrogen and oxygen atoms in total. The smallest absolute Gasteiger partial charge is 1.00 e. The Morgan fingerprint density at radius 2 is 1.73 bits per heavy atom. The maximum absolute atomic E-state index is 12.2. The van der Waals surface area contributed by atoms with Gasteiger partial charge >= 0.3 is 41.5 Å². The molecule has 114 valence electrons. The number of carbonyl (C=O) groups excluding carboxylic acids is 2. The van der Waals surface area contributed by atoms with Crippen LogP contribution in [-0.2, 0) is 23.8 Å². The van der Waals surface area contributed by atoms with E-state index in [0.29, 0.717) is 6.42 Å². The van der Waals surface area contributed by atoms with E-state index in [4.69, 9.17) is 14.2 Å². The summed E-state index contributed by atoms with van der Waals surface area (Å²) < 4.78 is 15.7. The van der Waals surface area contributed by atoms with E-state index in [1.807, 2.05) is 30.3 Å². The Kier molecular flexibility index (Phi) is 7.82. The molecule has 0 radical (unpaired) electrons. The molecule has 3 unspecified atom stereocenters. The molecule has 22 heavy (non-hydrogen) atoms. The van der Waals surface area contributed by atoms with E-state index < -0.39 is 18.2 Å². The topological polar surface area (TPSA) is 61.8 Å². The van der Waals surface area contributed by atoms with Gasteiger partial charge in [-0.1, -0.05) is 30.3 Å². The number of rotatable bonds is 5. The number of carbonyl (C=O) groups is 2. The van der Waals surface area contributed by atoms with E-state index >= 15 is 0 Å². The Morgan fingerprint density at radius 1 is 1.14 bits per heavy atom. The third kappa shape index (κ3) is 5.25. The van der Waals surface area contributed by atoms with Crippen LogP contribution in [-0.4, -0.2) is 31.3 Å². The largest absolute Gasteiger partial charge is 1.00 e. The molecule has 2 rings (SSSR count). The molecule has 0 spiro atoms. The number of methoxy groups -OCH3 is 1. The molecule has 0 heterocycles. The number of benzene rings is 1. The second-order valence-corrected chi connectivity index (χ2v) is 4.77. The average molecular weight is 314 g/mol. The molecule has 3 atom stereocenters. The SMILES string of the molecule is COC(C(=O)OC1C=CC(OC(C)=O)C1)c1ccccc1.[H-].[Na+]. The maximum atomic E-state index is 12.2. The molecule has 1 aliphatic carbocycles. The van der Waals surface area contributed by atoms with Crippen molar-refractivity contribution >= 4 is 11.9 Å². The summed E-state index contributed by atoms with van der Waals surface area (Å²) in [6.07, 6.45) is 2.40. The van der Waals surface area contributed by atoms with Crippen molar-refractivity contribution in [2.24, 2.45) is 0 Å². The first-order valence-corrected chi connectivity index (χ1v) is 6.74. The van der Waals surface area contributed by atoms with Crippen LogP contribution in [0.15, 0.2) is 42.5 Å². The van der Waals surface area contributed by atoms with Crippen LogP contribution in [0.25, 0.3) is 0 Å². The first-order valence-electron chi connectivity index (χ1n) is 6.74. The Morgan fingerprint density at radius 3 is 2.27 bits per heavy atom. The van der Waals surface area contributed by atoms with Gasteiger partial charge in [0, 0.05) is 20.5 Å². The van der Waals surface area contributed by atoms with Crippen molar-refractivity contribution < 1.29 is 54.8 Å². The van der Waals surface area contributed by atoms with Crippen molar-refractivity contribution in [3.63, 3.8) is 0 Å². The van der Waals surface area contributed by atoms with Crippen LogP contribution in [0.1, 0.15) is 26.4 Å². The zero-order valence-electron chi connectivity index (χ0n) is 14.0. The molecule has 0 saturated carbocycles. The number of ether oxygens (including phenoxy) is 3. The van der Waals surface area contributed by atoms with Crippen molar-refractivity contribution in [1.29, 1.82) is 0 Å². The summed E-state index contributed by atoms with van der Waals surface area (Å²) in [6.45, 7) is 1.35. The summed E-state index contributed by atoms with van der Waals surface area (Å²) >= 11 is 0. The van der Waals surface area contributed by atoms with Gasteiger partial charge in [0.25, 0.3) is 0 Å². The summed E-state index contributed by atoms with van der Waals surface area (Å²) in [5.41, 5.74) is 0.739. The Balaban J connectivity index is 0.00000242. The van der Waals surface area contributed by atoms with Gasteiger partial charge in [0.1, 0.15) is 12.2 Å². The van der Waals surface area contributed by atoms with Gasteiger partial charge in [-0.05, 0) is 17.7 Å². The van der Waals surface area contributed by atoms with Crippen LogP contribution < -0.4 is 29.6 Å². The average Bonchev–Trinajstić information content (AvgIpc) is 2.87. The summed E-state index contributed by atoms with van der Waals surface area (Å²) in [5, 5.41) is 0. The summed E-state index contributed by atoms with van der Waals surface area (Å²) in [5.74, 6) is -0.808. The molecule has 1 aliphatic rings. The molecule has 0 saturated heterocycles. The molecule has 0 fully saturated rings. The first-order chi connectivity index (χ1) is 10.1. The summed E-state index contributed by atoms with van der Waals surface area (Å²) in [4.78, 5) is 23.1. The molecular weight excluding hydrogens is 295 g/mol. The fourth-order valence-corrected chi connectivity index (χ4v) is 2.23. The van der Waals surface area contributed by atoms with Gasteiger partial charge in [-0.25, -0.2) is 4.79 Å². The van der Waals surface area contributed by atoms with Crippen molar-refractivity contribution in [1.82, 2.24) is 0 Å². The zero-order valence-corrected chi connectivity index (χ0v) is 15.0. The van der Waals surface area contributed by atoms with E-state index in [1.54, 1.807) is 12.2 Å². The van der Waals surface area contributed by atoms with Gasteiger partial charge in [0.15, 0.2) is 6.10 Å². The standard InChI is InChI=1S/C16H18O5.Na.H/c1-11(17)20-13-8-9-14(10-13)21-16(18)15(19-2)12-6-4-3-5-7-12;;/h3-9,13-15H,10H2,1-2H3;;/q;+1;-1. The molecule has 0 aliphatic heterocycles. The molecule has 0 bridgehead atoms. The molecule has 1 aromatic rings. The second-order valence-electron chi connectivity index (χ2n) is 4.77. The van der Waals surface area contributed by atoms with E-state index in [0.717, 1.165) is 5.56 Å². The van der Waals surface area contributed by atoms with Crippen molar-refractivity contribution in [2.45, 2.75) is 31.7 Å². The summed E-state index contributed by atoms with van der Waals surface area (Å²) in [7, 11) is 1.46. The predicted molar refractivity (Wildman–Crippen MR) is 76.5 cm³/mol. The molecule has 0 N–H and O–H groups in total. The zero-order chi connectivity index (χ0) is 15.2. The molecule has 1 aromatic carbocycles. The summed E-state index contributed by atoms with van der Waals surface area (Å²) in [6, 6.07) is 9.15. The minimum Gasteiger partial charge on any atom is -1.00 e. The monoisotopic (exact) mass is 314 g/mol. The van der Waals surface area contributed by atoms with E-state index in [-0.39, 0.29) is 43.1 Å².